The van der Waals surface area contributed by atoms with Gasteiger partial charge in [-0.25, -0.2) is 5.84 Å². The average molecular weight is 215 g/mol. The summed E-state index contributed by atoms with van der Waals surface area (Å²) in [5.41, 5.74) is 2.76. The van der Waals surface area contributed by atoms with Gasteiger partial charge in [-0.3, -0.25) is 10.2 Å². The molecule has 0 unspecified atom stereocenters. The zero-order valence-electron chi connectivity index (χ0n) is 7.71. The van der Waals surface area contributed by atoms with Crippen LogP contribution in [-0.2, 0) is 11.2 Å². The molecular weight excluding hydrogens is 204 g/mol. The first kappa shape index (κ1) is 10.8. The van der Waals surface area contributed by atoms with Gasteiger partial charge < -0.3 is 4.74 Å². The van der Waals surface area contributed by atoms with E-state index >= 15 is 0 Å². The van der Waals surface area contributed by atoms with Crippen LogP contribution >= 0.6 is 11.6 Å². The molecule has 0 radical (unpaired) electrons. The second-order valence-electron chi connectivity index (χ2n) is 2.70. The second-order valence-corrected chi connectivity index (χ2v) is 3.14. The maximum Gasteiger partial charge on any atom is 0.238 e. The highest BCUT2D eigenvalue weighted by molar-refractivity contribution is 6.30. The first-order valence-corrected chi connectivity index (χ1v) is 4.37. The molecule has 1 rings (SSSR count). The lowest BCUT2D eigenvalue weighted by Crippen LogP contribution is -2.31. The summed E-state index contributed by atoms with van der Waals surface area (Å²) in [5, 5.41) is 0.561. The summed E-state index contributed by atoms with van der Waals surface area (Å²) in [4.78, 5) is 11.0. The zero-order valence-corrected chi connectivity index (χ0v) is 8.47. The molecule has 4 nitrogen and oxygen atoms in total. The van der Waals surface area contributed by atoms with Crippen molar-refractivity contribution in [3.63, 3.8) is 0 Å². The van der Waals surface area contributed by atoms with Gasteiger partial charge in [0, 0.05) is 10.6 Å². The van der Waals surface area contributed by atoms with E-state index in [1.165, 1.54) is 7.11 Å². The van der Waals surface area contributed by atoms with E-state index in [0.29, 0.717) is 16.3 Å². The van der Waals surface area contributed by atoms with Crippen LogP contribution in [0.1, 0.15) is 5.56 Å². The minimum atomic E-state index is -0.287. The van der Waals surface area contributed by atoms with Crippen LogP contribution in [0.15, 0.2) is 18.2 Å². The molecule has 0 aliphatic carbocycles. The Kier molecular flexibility index (Phi) is 3.73. The minimum Gasteiger partial charge on any atom is -0.496 e. The van der Waals surface area contributed by atoms with Crippen LogP contribution in [0.5, 0.6) is 5.75 Å². The van der Waals surface area contributed by atoms with E-state index in [9.17, 15) is 4.79 Å². The topological polar surface area (TPSA) is 64.3 Å². The average Bonchev–Trinajstić information content (AvgIpc) is 2.18. The van der Waals surface area contributed by atoms with Gasteiger partial charge >= 0.3 is 0 Å². The summed E-state index contributed by atoms with van der Waals surface area (Å²) in [6.45, 7) is 0. The lowest BCUT2D eigenvalue weighted by Gasteiger charge is -2.07. The summed E-state index contributed by atoms with van der Waals surface area (Å²) in [7, 11) is 1.53. The molecule has 0 aliphatic rings. The van der Waals surface area contributed by atoms with Crippen LogP contribution in [0.2, 0.25) is 5.02 Å². The van der Waals surface area contributed by atoms with Crippen molar-refractivity contribution >= 4 is 17.5 Å². The minimum absolute atomic E-state index is 0.153. The van der Waals surface area contributed by atoms with E-state index in [1.54, 1.807) is 18.2 Å². The van der Waals surface area contributed by atoms with Gasteiger partial charge in [-0.05, 0) is 18.2 Å². The summed E-state index contributed by atoms with van der Waals surface area (Å²) in [6, 6.07) is 5.08. The number of halogens is 1. The van der Waals surface area contributed by atoms with Crippen molar-refractivity contribution < 1.29 is 9.53 Å². The number of hydrogen-bond acceptors (Lipinski definition) is 3. The molecule has 14 heavy (non-hydrogen) atoms. The molecule has 0 aliphatic heterocycles. The Morgan fingerprint density at radius 2 is 2.36 bits per heavy atom. The molecule has 0 saturated carbocycles. The van der Waals surface area contributed by atoms with Gasteiger partial charge in [0.2, 0.25) is 5.91 Å². The third kappa shape index (κ3) is 2.61. The van der Waals surface area contributed by atoms with E-state index in [-0.39, 0.29) is 12.3 Å². The molecule has 0 heterocycles. The van der Waals surface area contributed by atoms with Crippen LogP contribution in [0, 0.1) is 0 Å². The third-order valence-corrected chi connectivity index (χ3v) is 1.99. The largest absolute Gasteiger partial charge is 0.496 e. The molecule has 0 atom stereocenters. The standard InChI is InChI=1S/C9H11ClN2O2/c1-14-8-3-2-7(10)4-6(8)5-9(13)12-11/h2-4H,5,11H2,1H3,(H,12,13). The monoisotopic (exact) mass is 214 g/mol. The number of methoxy groups -OCH3 is 1. The first-order valence-electron chi connectivity index (χ1n) is 3.99. The summed E-state index contributed by atoms with van der Waals surface area (Å²) >= 11 is 5.78. The van der Waals surface area contributed by atoms with Crippen molar-refractivity contribution in [3.8, 4) is 5.75 Å². The van der Waals surface area contributed by atoms with Crippen LogP contribution in [0.3, 0.4) is 0 Å². The van der Waals surface area contributed by atoms with Gasteiger partial charge in [-0.1, -0.05) is 11.6 Å². The predicted molar refractivity (Wildman–Crippen MR) is 54.0 cm³/mol. The van der Waals surface area contributed by atoms with Crippen molar-refractivity contribution in [2.24, 2.45) is 5.84 Å². The molecule has 0 aromatic heterocycles. The van der Waals surface area contributed by atoms with E-state index in [0.717, 1.165) is 0 Å². The van der Waals surface area contributed by atoms with Crippen LogP contribution in [0.4, 0.5) is 0 Å². The van der Waals surface area contributed by atoms with E-state index in [1.807, 2.05) is 5.43 Å². The van der Waals surface area contributed by atoms with Crippen molar-refractivity contribution in [1.29, 1.82) is 0 Å². The second kappa shape index (κ2) is 4.83. The zero-order chi connectivity index (χ0) is 10.6. The molecule has 3 N–H and O–H groups in total. The summed E-state index contributed by atoms with van der Waals surface area (Å²) in [5.74, 6) is 5.31. The van der Waals surface area contributed by atoms with Crippen LogP contribution in [0.25, 0.3) is 0 Å². The van der Waals surface area contributed by atoms with Gasteiger partial charge in [0.25, 0.3) is 0 Å². The number of nitrogens with one attached hydrogen (secondary N) is 1. The highest BCUT2D eigenvalue weighted by atomic mass is 35.5. The van der Waals surface area contributed by atoms with Crippen molar-refractivity contribution in [1.82, 2.24) is 5.43 Å². The Morgan fingerprint density at radius 1 is 1.64 bits per heavy atom. The lowest BCUT2D eigenvalue weighted by atomic mass is 10.1. The van der Waals surface area contributed by atoms with Gasteiger partial charge in [0.1, 0.15) is 5.75 Å². The fraction of sp³-hybridized carbons (Fsp3) is 0.222. The molecule has 0 spiro atoms. The Morgan fingerprint density at radius 3 is 2.93 bits per heavy atom. The van der Waals surface area contributed by atoms with Gasteiger partial charge in [0.05, 0.1) is 13.5 Å². The fourth-order valence-electron chi connectivity index (χ4n) is 1.11. The number of ether oxygens (including phenoxy) is 1. The number of rotatable bonds is 3. The van der Waals surface area contributed by atoms with Gasteiger partial charge in [-0.15, -0.1) is 0 Å². The predicted octanol–water partition coefficient (Wildman–Crippen LogP) is 0.881. The molecule has 76 valence electrons. The molecule has 0 saturated heterocycles. The molecule has 0 fully saturated rings. The Bertz CT molecular complexity index is 342. The Balaban J connectivity index is 2.93. The van der Waals surface area contributed by atoms with Crippen molar-refractivity contribution in [2.45, 2.75) is 6.42 Å². The quantitative estimate of drug-likeness (QED) is 0.446. The smallest absolute Gasteiger partial charge is 0.238 e. The van der Waals surface area contributed by atoms with Crippen molar-refractivity contribution in [2.75, 3.05) is 7.11 Å². The number of nitrogens with two attached hydrogens (primary N) is 1. The van der Waals surface area contributed by atoms with Crippen LogP contribution in [-0.4, -0.2) is 13.0 Å². The number of hydrogen-bond donors (Lipinski definition) is 2. The normalized spacial score (nSPS) is 9.64. The molecule has 1 aromatic carbocycles. The van der Waals surface area contributed by atoms with E-state index < -0.39 is 0 Å². The van der Waals surface area contributed by atoms with Gasteiger partial charge in [-0.2, -0.15) is 0 Å². The first-order chi connectivity index (χ1) is 6.67. The van der Waals surface area contributed by atoms with Crippen LogP contribution < -0.4 is 16.0 Å². The summed E-state index contributed by atoms with van der Waals surface area (Å²) < 4.78 is 5.07. The number of hydrazine groups is 1. The molecule has 0 bridgehead atoms. The van der Waals surface area contributed by atoms with Crippen molar-refractivity contribution in [3.05, 3.63) is 28.8 Å². The third-order valence-electron chi connectivity index (χ3n) is 1.75. The highest BCUT2D eigenvalue weighted by Crippen LogP contribution is 2.22. The number of carbonyl (C=O) groups is 1. The van der Waals surface area contributed by atoms with E-state index in [2.05, 4.69) is 0 Å². The van der Waals surface area contributed by atoms with Gasteiger partial charge in [0.15, 0.2) is 0 Å². The number of carbonyl (C=O) groups excluding carboxylic acids is 1. The number of benzene rings is 1. The Hall–Kier alpha value is -1.26. The number of amides is 1. The highest BCUT2D eigenvalue weighted by Gasteiger charge is 2.07. The maximum absolute atomic E-state index is 11.0. The summed E-state index contributed by atoms with van der Waals surface area (Å²) in [6.07, 6.45) is 0.153. The Labute approximate surface area is 87.0 Å². The van der Waals surface area contributed by atoms with E-state index in [4.69, 9.17) is 22.2 Å². The SMILES string of the molecule is COc1ccc(Cl)cc1CC(=O)NN. The molecule has 1 aromatic rings. The maximum atomic E-state index is 11.0. The fourth-order valence-corrected chi connectivity index (χ4v) is 1.30. The lowest BCUT2D eigenvalue weighted by molar-refractivity contribution is -0.120. The molecule has 5 heteroatoms. The molecular formula is C9H11ClN2O2. The molecule has 1 amide bonds.